The SMILES string of the molecule is CCCC(=O)c1ccc(-c2ccc(OC(=O)CCCCC(=O)Oc3ccc(-c4ccc(C(=O)CCC)cc4)cc3)cc2)cc1. The van der Waals surface area contributed by atoms with Crippen molar-refractivity contribution in [3.63, 3.8) is 0 Å². The largest absolute Gasteiger partial charge is 0.427 e. The number of benzene rings is 4. The van der Waals surface area contributed by atoms with E-state index in [1.807, 2.05) is 86.6 Å². The van der Waals surface area contributed by atoms with E-state index in [9.17, 15) is 19.2 Å². The summed E-state index contributed by atoms with van der Waals surface area (Å²) in [5.74, 6) is 0.482. The first kappa shape index (κ1) is 32.1. The topological polar surface area (TPSA) is 86.7 Å². The summed E-state index contributed by atoms with van der Waals surface area (Å²) in [6, 6.07) is 29.5. The standard InChI is InChI=1S/C38H38O6/c1-3-7-35(39)31-15-11-27(12-16-31)29-19-23-33(24-20-29)43-37(41)9-5-6-10-38(42)44-34-25-21-30(22-26-34)28-13-17-32(18-14-28)36(40)8-4-2/h11-26H,3-10H2,1-2H3. The number of Topliss-reactive ketones (excluding diaryl/α,β-unsaturated/α-hetero) is 2. The lowest BCUT2D eigenvalue weighted by Crippen LogP contribution is -2.10. The molecular formula is C38H38O6. The van der Waals surface area contributed by atoms with Gasteiger partial charge in [-0.05, 0) is 72.2 Å². The molecule has 0 unspecified atom stereocenters. The normalized spacial score (nSPS) is 10.7. The Kier molecular flexibility index (Phi) is 11.8. The molecule has 44 heavy (non-hydrogen) atoms. The fraction of sp³-hybridized carbons (Fsp3) is 0.263. The number of carbonyl (C=O) groups excluding carboxylic acids is 4. The van der Waals surface area contributed by atoms with Crippen LogP contribution in [0.3, 0.4) is 0 Å². The first-order valence-corrected chi connectivity index (χ1v) is 15.2. The van der Waals surface area contributed by atoms with Crippen LogP contribution < -0.4 is 9.47 Å². The van der Waals surface area contributed by atoms with Crippen molar-refractivity contribution in [2.45, 2.75) is 65.2 Å². The molecule has 0 atom stereocenters. The molecule has 0 radical (unpaired) electrons. The number of ketones is 2. The van der Waals surface area contributed by atoms with Crippen molar-refractivity contribution in [2.75, 3.05) is 0 Å². The van der Waals surface area contributed by atoms with Gasteiger partial charge in [-0.1, -0.05) is 86.6 Å². The van der Waals surface area contributed by atoms with Gasteiger partial charge in [0.2, 0.25) is 0 Å². The maximum atomic E-state index is 12.3. The quantitative estimate of drug-likeness (QED) is 0.0594. The van der Waals surface area contributed by atoms with Crippen molar-refractivity contribution in [3.05, 3.63) is 108 Å². The van der Waals surface area contributed by atoms with Gasteiger partial charge in [0.15, 0.2) is 11.6 Å². The Labute approximate surface area is 259 Å². The van der Waals surface area contributed by atoms with Crippen LogP contribution in [-0.2, 0) is 9.59 Å². The summed E-state index contributed by atoms with van der Waals surface area (Å²) in [5.41, 5.74) is 5.30. The summed E-state index contributed by atoms with van der Waals surface area (Å²) in [5, 5.41) is 0. The smallest absolute Gasteiger partial charge is 0.311 e. The van der Waals surface area contributed by atoms with Crippen molar-refractivity contribution < 1.29 is 28.7 Å². The molecule has 0 aliphatic heterocycles. The van der Waals surface area contributed by atoms with Gasteiger partial charge < -0.3 is 9.47 Å². The minimum atomic E-state index is -0.358. The molecule has 0 aromatic heterocycles. The number of hydrogen-bond donors (Lipinski definition) is 0. The molecular weight excluding hydrogens is 552 g/mol. The van der Waals surface area contributed by atoms with Gasteiger partial charge >= 0.3 is 11.9 Å². The van der Waals surface area contributed by atoms with Crippen LogP contribution >= 0.6 is 0 Å². The zero-order valence-corrected chi connectivity index (χ0v) is 25.3. The van der Waals surface area contributed by atoms with E-state index < -0.39 is 0 Å². The van der Waals surface area contributed by atoms with Crippen molar-refractivity contribution >= 4 is 23.5 Å². The third-order valence-corrected chi connectivity index (χ3v) is 7.22. The molecule has 0 fully saturated rings. The highest BCUT2D eigenvalue weighted by Crippen LogP contribution is 2.25. The summed E-state index contributed by atoms with van der Waals surface area (Å²) in [6.07, 6.45) is 4.13. The van der Waals surface area contributed by atoms with Crippen molar-refractivity contribution in [1.29, 1.82) is 0 Å². The van der Waals surface area contributed by atoms with Crippen LogP contribution in [0.1, 0.15) is 85.9 Å². The Bertz CT molecular complexity index is 1430. The molecule has 6 heteroatoms. The van der Waals surface area contributed by atoms with E-state index >= 15 is 0 Å². The zero-order valence-electron chi connectivity index (χ0n) is 25.3. The molecule has 0 N–H and O–H groups in total. The number of carbonyl (C=O) groups is 4. The fourth-order valence-corrected chi connectivity index (χ4v) is 4.77. The highest BCUT2D eigenvalue weighted by molar-refractivity contribution is 5.97. The minimum absolute atomic E-state index is 0.143. The average molecular weight is 591 g/mol. The summed E-state index contributed by atoms with van der Waals surface area (Å²) in [7, 11) is 0. The number of esters is 2. The molecule has 0 aliphatic rings. The monoisotopic (exact) mass is 590 g/mol. The second-order valence-electron chi connectivity index (χ2n) is 10.7. The van der Waals surface area contributed by atoms with E-state index in [0.29, 0.717) is 48.3 Å². The third kappa shape index (κ3) is 9.33. The van der Waals surface area contributed by atoms with E-state index in [4.69, 9.17) is 9.47 Å². The molecule has 0 saturated carbocycles. The molecule has 0 heterocycles. The Morgan fingerprint density at radius 3 is 1.02 bits per heavy atom. The van der Waals surface area contributed by atoms with Crippen LogP contribution in [0.4, 0.5) is 0 Å². The van der Waals surface area contributed by atoms with Crippen molar-refractivity contribution in [2.24, 2.45) is 0 Å². The lowest BCUT2D eigenvalue weighted by molar-refractivity contribution is -0.136. The van der Waals surface area contributed by atoms with Crippen LogP contribution in [0.15, 0.2) is 97.1 Å². The van der Waals surface area contributed by atoms with E-state index in [0.717, 1.165) is 35.1 Å². The van der Waals surface area contributed by atoms with Crippen LogP contribution in [0.2, 0.25) is 0 Å². The molecule has 4 aromatic carbocycles. The van der Waals surface area contributed by atoms with E-state index in [2.05, 4.69) is 0 Å². The first-order chi connectivity index (χ1) is 21.4. The van der Waals surface area contributed by atoms with Crippen molar-refractivity contribution in [3.8, 4) is 33.8 Å². The van der Waals surface area contributed by atoms with E-state index in [1.54, 1.807) is 24.3 Å². The van der Waals surface area contributed by atoms with Crippen LogP contribution in [-0.4, -0.2) is 23.5 Å². The molecule has 226 valence electrons. The summed E-state index contributed by atoms with van der Waals surface area (Å²) in [6.45, 7) is 3.97. The van der Waals surface area contributed by atoms with E-state index in [-0.39, 0.29) is 36.3 Å². The Morgan fingerprint density at radius 1 is 0.432 bits per heavy atom. The van der Waals surface area contributed by atoms with Crippen molar-refractivity contribution in [1.82, 2.24) is 0 Å². The maximum Gasteiger partial charge on any atom is 0.311 e. The Hall–Kier alpha value is -4.84. The molecule has 0 bridgehead atoms. The number of ether oxygens (including phenoxy) is 2. The van der Waals surface area contributed by atoms with Gasteiger partial charge in [-0.25, -0.2) is 0 Å². The van der Waals surface area contributed by atoms with Gasteiger partial charge in [0, 0.05) is 36.8 Å². The number of rotatable bonds is 15. The Balaban J connectivity index is 1.16. The molecule has 0 aliphatic carbocycles. The lowest BCUT2D eigenvalue weighted by atomic mass is 10.0. The predicted molar refractivity (Wildman–Crippen MR) is 172 cm³/mol. The van der Waals surface area contributed by atoms with Gasteiger partial charge in [0.25, 0.3) is 0 Å². The molecule has 6 nitrogen and oxygen atoms in total. The highest BCUT2D eigenvalue weighted by Gasteiger charge is 2.10. The van der Waals surface area contributed by atoms with Gasteiger partial charge in [-0.3, -0.25) is 19.2 Å². The summed E-state index contributed by atoms with van der Waals surface area (Å²) in [4.78, 5) is 48.7. The molecule has 4 rings (SSSR count). The molecule has 0 spiro atoms. The van der Waals surface area contributed by atoms with Crippen LogP contribution in [0.5, 0.6) is 11.5 Å². The maximum absolute atomic E-state index is 12.3. The Morgan fingerprint density at radius 2 is 0.727 bits per heavy atom. The second kappa shape index (κ2) is 16.1. The molecule has 4 aromatic rings. The van der Waals surface area contributed by atoms with Gasteiger partial charge in [0.05, 0.1) is 0 Å². The van der Waals surface area contributed by atoms with Crippen LogP contribution in [0.25, 0.3) is 22.3 Å². The molecule has 0 saturated heterocycles. The van der Waals surface area contributed by atoms with Crippen LogP contribution in [0, 0.1) is 0 Å². The summed E-state index contributed by atoms with van der Waals surface area (Å²) >= 11 is 0. The lowest BCUT2D eigenvalue weighted by Gasteiger charge is -2.08. The van der Waals surface area contributed by atoms with E-state index in [1.165, 1.54) is 0 Å². The summed E-state index contributed by atoms with van der Waals surface area (Å²) < 4.78 is 10.9. The first-order valence-electron chi connectivity index (χ1n) is 15.2. The fourth-order valence-electron chi connectivity index (χ4n) is 4.77. The predicted octanol–water partition coefficient (Wildman–Crippen LogP) is 9.06. The number of hydrogen-bond acceptors (Lipinski definition) is 6. The number of unbranched alkanes of at least 4 members (excludes halogenated alkanes) is 1. The third-order valence-electron chi connectivity index (χ3n) is 7.22. The second-order valence-corrected chi connectivity index (χ2v) is 10.7. The van der Waals surface area contributed by atoms with Gasteiger partial charge in [-0.2, -0.15) is 0 Å². The minimum Gasteiger partial charge on any atom is -0.427 e. The zero-order chi connectivity index (χ0) is 31.3. The molecule has 0 amide bonds. The average Bonchev–Trinajstić information content (AvgIpc) is 3.04. The van der Waals surface area contributed by atoms with Gasteiger partial charge in [-0.15, -0.1) is 0 Å². The highest BCUT2D eigenvalue weighted by atomic mass is 16.5. The van der Waals surface area contributed by atoms with Gasteiger partial charge in [0.1, 0.15) is 11.5 Å².